The highest BCUT2D eigenvalue weighted by atomic mass is 15.1. The Morgan fingerprint density at radius 2 is 1.11 bits per heavy atom. The number of rotatable bonds is 2. The van der Waals surface area contributed by atoms with Crippen LogP contribution in [0.4, 0.5) is 0 Å². The van der Waals surface area contributed by atoms with Gasteiger partial charge < -0.3 is 9.13 Å². The highest BCUT2D eigenvalue weighted by Gasteiger charge is 2.24. The predicted octanol–water partition coefficient (Wildman–Crippen LogP) is 9.78. The minimum absolute atomic E-state index is 0.878. The number of benzene rings is 5. The molecule has 0 saturated carbocycles. The summed E-state index contributed by atoms with van der Waals surface area (Å²) in [5.41, 5.74) is 10.5. The zero-order valence-electron chi connectivity index (χ0n) is 25.0. The van der Waals surface area contributed by atoms with E-state index in [-0.39, 0.29) is 0 Å². The van der Waals surface area contributed by atoms with Gasteiger partial charge >= 0.3 is 0 Å². The monoisotopic (exact) mass is 600 g/mol. The van der Waals surface area contributed by atoms with Gasteiger partial charge in [-0.25, -0.2) is 9.97 Å². The standard InChI is InChI=1S/C41H24N6/c1-3-10-25(11-4-1)45-33-16-8-7-14-27(33)29-17-18-31-36-34(46(39(31)38(29)45)26-12-5-2-6-13-26)20-19-28-30-15-9-22-43-40(30)47-35-24-42-23-21-32(35)44-41(47)37(28)36/h1-24H. The van der Waals surface area contributed by atoms with Crippen molar-refractivity contribution in [1.29, 1.82) is 0 Å². The van der Waals surface area contributed by atoms with Crippen molar-refractivity contribution in [1.82, 2.24) is 28.5 Å². The molecular weight excluding hydrogens is 576 g/mol. The molecule has 218 valence electrons. The molecule has 6 heteroatoms. The molecule has 11 aromatic rings. The lowest BCUT2D eigenvalue weighted by atomic mass is 10.0. The summed E-state index contributed by atoms with van der Waals surface area (Å²) in [7, 11) is 0. The second-order valence-electron chi connectivity index (χ2n) is 12.1. The summed E-state index contributed by atoms with van der Waals surface area (Å²) in [5, 5.41) is 8.13. The van der Waals surface area contributed by atoms with Crippen molar-refractivity contribution in [2.75, 3.05) is 0 Å². The van der Waals surface area contributed by atoms with Crippen molar-refractivity contribution in [3.63, 3.8) is 0 Å². The van der Waals surface area contributed by atoms with Crippen LogP contribution in [0.5, 0.6) is 0 Å². The zero-order valence-corrected chi connectivity index (χ0v) is 25.0. The van der Waals surface area contributed by atoms with Crippen LogP contribution in [0.25, 0.3) is 93.5 Å². The Labute approximate surface area is 267 Å². The molecule has 5 aromatic carbocycles. The number of nitrogens with zero attached hydrogens (tertiary/aromatic N) is 6. The van der Waals surface area contributed by atoms with Crippen molar-refractivity contribution in [3.05, 3.63) is 146 Å². The molecule has 0 bridgehead atoms. The number of imidazole rings is 1. The third kappa shape index (κ3) is 3.16. The highest BCUT2D eigenvalue weighted by molar-refractivity contribution is 6.33. The van der Waals surface area contributed by atoms with Crippen molar-refractivity contribution in [2.24, 2.45) is 0 Å². The Hall–Kier alpha value is -6.53. The van der Waals surface area contributed by atoms with Gasteiger partial charge in [0.25, 0.3) is 0 Å². The normalized spacial score (nSPS) is 12.3. The molecule has 0 radical (unpaired) electrons. The van der Waals surface area contributed by atoms with E-state index in [1.807, 2.05) is 30.7 Å². The van der Waals surface area contributed by atoms with E-state index in [1.165, 1.54) is 38.1 Å². The topological polar surface area (TPSA) is 52.9 Å². The van der Waals surface area contributed by atoms with Crippen molar-refractivity contribution < 1.29 is 0 Å². The minimum atomic E-state index is 0.878. The van der Waals surface area contributed by atoms with Gasteiger partial charge in [0.15, 0.2) is 0 Å². The Balaban J connectivity index is 1.47. The summed E-state index contributed by atoms with van der Waals surface area (Å²) >= 11 is 0. The lowest BCUT2D eigenvalue weighted by Crippen LogP contribution is -1.98. The Morgan fingerprint density at radius 1 is 0.426 bits per heavy atom. The Bertz CT molecular complexity index is 3060. The first-order chi connectivity index (χ1) is 23.4. The van der Waals surface area contributed by atoms with Crippen LogP contribution in [0.1, 0.15) is 0 Å². The van der Waals surface area contributed by atoms with E-state index in [2.05, 4.69) is 134 Å². The molecular formula is C41H24N6. The SMILES string of the molecule is c1ccc(-n2c3ccccc3c3ccc4c5c6c(ccc5n(-c5ccccc5)c4c32)c2cccnc2n2c3cnccc3nc62)cc1. The maximum atomic E-state index is 5.26. The van der Waals surface area contributed by atoms with Gasteiger partial charge in [0.1, 0.15) is 11.3 Å². The number of hydrogen-bond acceptors (Lipinski definition) is 3. The first-order valence-corrected chi connectivity index (χ1v) is 15.8. The maximum absolute atomic E-state index is 5.26. The summed E-state index contributed by atoms with van der Waals surface area (Å²) in [4.78, 5) is 14.6. The summed E-state index contributed by atoms with van der Waals surface area (Å²) in [6, 6.07) is 45.5. The fourth-order valence-corrected chi connectivity index (χ4v) is 7.88. The fraction of sp³-hybridized carbons (Fsp3) is 0. The lowest BCUT2D eigenvalue weighted by molar-refractivity contribution is 1.15. The second-order valence-corrected chi connectivity index (χ2v) is 12.1. The van der Waals surface area contributed by atoms with Gasteiger partial charge in [-0.05, 0) is 60.0 Å². The average molecular weight is 601 g/mol. The first kappa shape index (κ1) is 24.8. The third-order valence-corrected chi connectivity index (χ3v) is 9.72. The number of pyridine rings is 3. The van der Waals surface area contributed by atoms with Crippen LogP contribution in [-0.4, -0.2) is 28.5 Å². The second kappa shape index (κ2) is 9.02. The molecule has 0 atom stereocenters. The molecule has 11 rings (SSSR count). The average Bonchev–Trinajstić information content (AvgIpc) is 3.80. The third-order valence-electron chi connectivity index (χ3n) is 9.72. The largest absolute Gasteiger partial charge is 0.307 e. The Kier molecular flexibility index (Phi) is 4.75. The van der Waals surface area contributed by atoms with Gasteiger partial charge in [0.05, 0.1) is 39.3 Å². The summed E-state index contributed by atoms with van der Waals surface area (Å²) in [6.45, 7) is 0. The molecule has 0 aliphatic carbocycles. The number of fused-ring (bicyclic) bond motifs is 16. The molecule has 0 unspecified atom stereocenters. The molecule has 6 heterocycles. The number of aromatic nitrogens is 6. The van der Waals surface area contributed by atoms with Gasteiger partial charge in [-0.3, -0.25) is 9.38 Å². The number of hydrogen-bond donors (Lipinski definition) is 0. The van der Waals surface area contributed by atoms with Gasteiger partial charge in [-0.1, -0.05) is 72.8 Å². The highest BCUT2D eigenvalue weighted by Crippen LogP contribution is 2.45. The van der Waals surface area contributed by atoms with Gasteiger partial charge in [0.2, 0.25) is 0 Å². The van der Waals surface area contributed by atoms with Crippen molar-refractivity contribution in [2.45, 2.75) is 0 Å². The molecule has 0 amide bonds. The molecule has 0 N–H and O–H groups in total. The van der Waals surface area contributed by atoms with E-state index < -0.39 is 0 Å². The van der Waals surface area contributed by atoms with Gasteiger partial charge in [-0.2, -0.15) is 0 Å². The van der Waals surface area contributed by atoms with Crippen molar-refractivity contribution in [3.8, 4) is 11.4 Å². The summed E-state index contributed by atoms with van der Waals surface area (Å²) < 4.78 is 7.06. The minimum Gasteiger partial charge on any atom is -0.307 e. The summed E-state index contributed by atoms with van der Waals surface area (Å²) in [5.74, 6) is 0. The summed E-state index contributed by atoms with van der Waals surface area (Å²) in [6.07, 6.45) is 5.56. The van der Waals surface area contributed by atoms with Crippen LogP contribution >= 0.6 is 0 Å². The molecule has 0 fully saturated rings. The smallest absolute Gasteiger partial charge is 0.148 e. The van der Waals surface area contributed by atoms with Crippen LogP contribution < -0.4 is 0 Å². The van der Waals surface area contributed by atoms with Gasteiger partial charge in [-0.15, -0.1) is 0 Å². The van der Waals surface area contributed by atoms with E-state index in [9.17, 15) is 0 Å². The predicted molar refractivity (Wildman–Crippen MR) is 192 cm³/mol. The molecule has 47 heavy (non-hydrogen) atoms. The molecule has 6 aromatic heterocycles. The van der Waals surface area contributed by atoms with Crippen LogP contribution in [0.2, 0.25) is 0 Å². The fourth-order valence-electron chi connectivity index (χ4n) is 7.88. The first-order valence-electron chi connectivity index (χ1n) is 15.8. The zero-order chi connectivity index (χ0) is 30.6. The Morgan fingerprint density at radius 3 is 1.94 bits per heavy atom. The maximum Gasteiger partial charge on any atom is 0.148 e. The van der Waals surface area contributed by atoms with Crippen molar-refractivity contribution >= 4 is 82.1 Å². The van der Waals surface area contributed by atoms with E-state index in [4.69, 9.17) is 9.97 Å². The lowest BCUT2D eigenvalue weighted by Gasteiger charge is -2.12. The van der Waals surface area contributed by atoms with E-state index >= 15 is 0 Å². The van der Waals surface area contributed by atoms with Crippen LogP contribution in [-0.2, 0) is 0 Å². The van der Waals surface area contributed by atoms with Gasteiger partial charge in [0, 0.05) is 56.1 Å². The van der Waals surface area contributed by atoms with Crippen LogP contribution in [0.15, 0.2) is 146 Å². The molecule has 0 aliphatic heterocycles. The number of para-hydroxylation sites is 3. The van der Waals surface area contributed by atoms with Crippen LogP contribution in [0, 0.1) is 0 Å². The molecule has 0 aliphatic rings. The van der Waals surface area contributed by atoms with E-state index in [1.54, 1.807) is 0 Å². The van der Waals surface area contributed by atoms with E-state index in [0.717, 1.165) is 55.4 Å². The van der Waals surface area contributed by atoms with E-state index in [0.29, 0.717) is 0 Å². The molecule has 0 saturated heterocycles. The van der Waals surface area contributed by atoms with Crippen LogP contribution in [0.3, 0.4) is 0 Å². The molecule has 6 nitrogen and oxygen atoms in total. The molecule has 0 spiro atoms. The quantitative estimate of drug-likeness (QED) is 0.186.